The van der Waals surface area contributed by atoms with Gasteiger partial charge in [0.1, 0.15) is 12.0 Å². The van der Waals surface area contributed by atoms with Gasteiger partial charge < -0.3 is 9.84 Å². The van der Waals surface area contributed by atoms with Crippen molar-refractivity contribution >= 4 is 40.7 Å². The van der Waals surface area contributed by atoms with E-state index in [4.69, 9.17) is 27.9 Å². The average molecular weight is 497 g/mol. The summed E-state index contributed by atoms with van der Waals surface area (Å²) in [6.45, 7) is 8.92. The van der Waals surface area contributed by atoms with Crippen LogP contribution in [0.25, 0.3) is 0 Å². The Morgan fingerprint density at radius 1 is 0.939 bits per heavy atom. The van der Waals surface area contributed by atoms with Gasteiger partial charge in [-0.1, -0.05) is 67.4 Å². The molecule has 0 aromatic rings. The first-order valence-corrected chi connectivity index (χ1v) is 12.4. The van der Waals surface area contributed by atoms with Crippen molar-refractivity contribution in [2.75, 3.05) is 0 Å². The summed E-state index contributed by atoms with van der Waals surface area (Å²) in [5.41, 5.74) is -0.831. The first-order chi connectivity index (χ1) is 15.3. The number of hydrogen-bond acceptors (Lipinski definition) is 5. The van der Waals surface area contributed by atoms with Gasteiger partial charge in [0.25, 0.3) is 0 Å². The van der Waals surface area contributed by atoms with Crippen molar-refractivity contribution in [1.82, 2.24) is 0 Å². The molecule has 182 valence electrons. The minimum atomic E-state index is -2.37. The molecule has 1 heterocycles. The fraction of sp³-hybridized carbons (Fsp3) is 0.654. The van der Waals surface area contributed by atoms with Gasteiger partial charge in [-0.25, -0.2) is 0 Å². The Balaban J connectivity index is 2.11. The van der Waals surface area contributed by atoms with E-state index in [1.807, 2.05) is 39.0 Å². The highest BCUT2D eigenvalue weighted by Crippen LogP contribution is 2.52. The number of fused-ring (bicyclic) bond motifs is 3. The normalized spacial score (nSPS) is 45.9. The van der Waals surface area contributed by atoms with E-state index in [9.17, 15) is 19.5 Å². The SMILES string of the molecule is C[C@@H]1C(=O)O[C@@H](C)/C=C/C=C\[C@@H](C)[C@@H]2C=C[C@@H]3C[C@@](C)(O)C[C@@H](C)[C@H]3[C@@H]2C(=O)C(Cl)(Cl)C1=O. The van der Waals surface area contributed by atoms with Gasteiger partial charge in [-0.3, -0.25) is 14.4 Å². The molecule has 0 unspecified atom stereocenters. The first-order valence-electron chi connectivity index (χ1n) is 11.7. The summed E-state index contributed by atoms with van der Waals surface area (Å²) in [6, 6.07) is 0. The van der Waals surface area contributed by atoms with Crippen molar-refractivity contribution in [3.8, 4) is 0 Å². The monoisotopic (exact) mass is 496 g/mol. The highest BCUT2D eigenvalue weighted by molar-refractivity contribution is 6.68. The summed E-state index contributed by atoms with van der Waals surface area (Å²) in [7, 11) is 0. The molecular weight excluding hydrogens is 463 g/mol. The molecular formula is C26H34Cl2O5. The second kappa shape index (κ2) is 9.67. The first kappa shape index (κ1) is 26.2. The Hall–Kier alpha value is -1.43. The van der Waals surface area contributed by atoms with E-state index in [1.54, 1.807) is 19.1 Å². The van der Waals surface area contributed by atoms with Crippen molar-refractivity contribution < 1.29 is 24.2 Å². The van der Waals surface area contributed by atoms with Gasteiger partial charge in [0.2, 0.25) is 4.33 Å². The quantitative estimate of drug-likeness (QED) is 0.224. The molecule has 5 nitrogen and oxygen atoms in total. The number of aliphatic hydroxyl groups is 1. The molecule has 0 bridgehead atoms. The highest BCUT2D eigenvalue weighted by atomic mass is 35.5. The predicted octanol–water partition coefficient (Wildman–Crippen LogP) is 4.84. The zero-order valence-corrected chi connectivity index (χ0v) is 21.3. The lowest BCUT2D eigenvalue weighted by molar-refractivity contribution is -0.154. The van der Waals surface area contributed by atoms with Crippen molar-refractivity contribution in [3.63, 3.8) is 0 Å². The van der Waals surface area contributed by atoms with Crippen LogP contribution in [0.3, 0.4) is 0 Å². The lowest BCUT2D eigenvalue weighted by atomic mass is 9.55. The Bertz CT molecular complexity index is 887. The topological polar surface area (TPSA) is 80.7 Å². The van der Waals surface area contributed by atoms with Gasteiger partial charge in [-0.2, -0.15) is 0 Å². The zero-order chi connectivity index (χ0) is 24.7. The van der Waals surface area contributed by atoms with Gasteiger partial charge in [0.15, 0.2) is 11.6 Å². The second-order valence-corrected chi connectivity index (χ2v) is 11.7. The molecule has 1 N–H and O–H groups in total. The molecule has 0 saturated heterocycles. The average Bonchev–Trinajstić information content (AvgIpc) is 2.72. The van der Waals surface area contributed by atoms with Crippen LogP contribution in [0.15, 0.2) is 36.5 Å². The van der Waals surface area contributed by atoms with Gasteiger partial charge in [-0.05, 0) is 69.3 Å². The third kappa shape index (κ3) is 5.31. The molecule has 1 aliphatic heterocycles. The maximum atomic E-state index is 13.9. The number of ether oxygens (including phenoxy) is 1. The van der Waals surface area contributed by atoms with Gasteiger partial charge in [0, 0.05) is 5.92 Å². The summed E-state index contributed by atoms with van der Waals surface area (Å²) in [6.07, 6.45) is 12.0. The summed E-state index contributed by atoms with van der Waals surface area (Å²) in [4.78, 5) is 39.6. The number of ketones is 2. The molecule has 2 aliphatic carbocycles. The number of rotatable bonds is 0. The molecule has 1 fully saturated rings. The number of cyclic esters (lactones) is 1. The van der Waals surface area contributed by atoms with E-state index in [0.29, 0.717) is 12.8 Å². The molecule has 9 atom stereocenters. The maximum Gasteiger partial charge on any atom is 0.316 e. The number of carbonyl (C=O) groups excluding carboxylic acids is 3. The van der Waals surface area contributed by atoms with Crippen LogP contribution in [-0.2, 0) is 19.1 Å². The van der Waals surface area contributed by atoms with Gasteiger partial charge in [0.05, 0.1) is 5.60 Å². The molecule has 0 radical (unpaired) electrons. The highest BCUT2D eigenvalue weighted by Gasteiger charge is 2.56. The molecule has 0 aromatic carbocycles. The summed E-state index contributed by atoms with van der Waals surface area (Å²) >= 11 is 13.0. The van der Waals surface area contributed by atoms with Crippen LogP contribution in [0.2, 0.25) is 0 Å². The molecule has 3 aliphatic rings. The van der Waals surface area contributed by atoms with Crippen LogP contribution in [0.5, 0.6) is 0 Å². The van der Waals surface area contributed by atoms with E-state index >= 15 is 0 Å². The Morgan fingerprint density at radius 2 is 1.58 bits per heavy atom. The Labute approximate surface area is 206 Å². The van der Waals surface area contributed by atoms with E-state index in [1.165, 1.54) is 6.92 Å². The fourth-order valence-corrected chi connectivity index (χ4v) is 6.50. The molecule has 0 spiro atoms. The van der Waals surface area contributed by atoms with Crippen LogP contribution in [0.1, 0.15) is 47.5 Å². The molecule has 7 heteroatoms. The lowest BCUT2D eigenvalue weighted by Crippen LogP contribution is -2.54. The molecule has 33 heavy (non-hydrogen) atoms. The molecule has 0 amide bonds. The predicted molar refractivity (Wildman–Crippen MR) is 129 cm³/mol. The van der Waals surface area contributed by atoms with E-state index in [-0.39, 0.29) is 29.6 Å². The van der Waals surface area contributed by atoms with Crippen molar-refractivity contribution in [3.05, 3.63) is 36.5 Å². The van der Waals surface area contributed by atoms with E-state index in [0.717, 1.165) is 0 Å². The third-order valence-corrected chi connectivity index (χ3v) is 8.23. The second-order valence-electron chi connectivity index (χ2n) is 10.4. The van der Waals surface area contributed by atoms with Crippen molar-refractivity contribution in [1.29, 1.82) is 0 Å². The summed E-state index contributed by atoms with van der Waals surface area (Å²) < 4.78 is 2.95. The Kier molecular flexibility index (Phi) is 7.67. The van der Waals surface area contributed by atoms with Crippen LogP contribution in [-0.4, -0.2) is 38.7 Å². The number of Topliss-reactive ketones (excluding diaryl/α,β-unsaturated/α-hetero) is 2. The Morgan fingerprint density at radius 3 is 2.24 bits per heavy atom. The molecule has 0 aromatic heterocycles. The summed E-state index contributed by atoms with van der Waals surface area (Å²) in [5, 5.41) is 10.7. The van der Waals surface area contributed by atoms with Crippen LogP contribution < -0.4 is 0 Å². The molecule has 3 rings (SSSR count). The maximum absolute atomic E-state index is 13.9. The minimum Gasteiger partial charge on any atom is -0.458 e. The number of halogens is 2. The fourth-order valence-electron chi connectivity index (χ4n) is 5.92. The smallest absolute Gasteiger partial charge is 0.316 e. The van der Waals surface area contributed by atoms with Crippen molar-refractivity contribution in [2.45, 2.75) is 63.5 Å². The van der Waals surface area contributed by atoms with Crippen LogP contribution in [0, 0.1) is 41.4 Å². The number of hydrogen-bond donors (Lipinski definition) is 1. The zero-order valence-electron chi connectivity index (χ0n) is 19.8. The van der Waals surface area contributed by atoms with Crippen molar-refractivity contribution in [2.24, 2.45) is 41.4 Å². The van der Waals surface area contributed by atoms with Crippen LogP contribution >= 0.6 is 23.2 Å². The van der Waals surface area contributed by atoms with E-state index < -0.39 is 45.4 Å². The van der Waals surface area contributed by atoms with Crippen LogP contribution in [0.4, 0.5) is 0 Å². The lowest BCUT2D eigenvalue weighted by Gasteiger charge is -2.50. The number of carbonyl (C=O) groups is 3. The summed E-state index contributed by atoms with van der Waals surface area (Å²) in [5.74, 6) is -4.53. The standard InChI is InChI=1S/C26H34Cl2O5/c1-14-8-6-7-9-16(3)33-24(31)17(4)22(29)26(27,28)23(30)21-19(14)11-10-18-13-25(5,32)12-15(2)20(18)21/h6-11,14-21,32H,12-13H2,1-5H3/b8-6-,9-7+/t14-,15-,16+,17+,18-,19+,20-,21-,25+/m1/s1. The van der Waals surface area contributed by atoms with Gasteiger partial charge in [-0.15, -0.1) is 0 Å². The largest absolute Gasteiger partial charge is 0.458 e. The number of allylic oxidation sites excluding steroid dienone is 5. The number of esters is 1. The number of alkyl halides is 2. The molecule has 1 saturated carbocycles. The third-order valence-electron chi connectivity index (χ3n) is 7.48. The van der Waals surface area contributed by atoms with Gasteiger partial charge >= 0.3 is 5.97 Å². The minimum absolute atomic E-state index is 0.0117. The van der Waals surface area contributed by atoms with E-state index in [2.05, 4.69) is 6.08 Å².